The number of fused-ring (bicyclic) bond motifs is 1. The zero-order valence-electron chi connectivity index (χ0n) is 9.50. The molecule has 87 valence electrons. The predicted octanol–water partition coefficient (Wildman–Crippen LogP) is 3.52. The van der Waals surface area contributed by atoms with E-state index in [0.29, 0.717) is 11.5 Å². The summed E-state index contributed by atoms with van der Waals surface area (Å²) in [4.78, 5) is 8.68. The maximum atomic E-state index is 11.6. The third kappa shape index (κ3) is 1.96. The van der Waals surface area contributed by atoms with Gasteiger partial charge in [0.2, 0.25) is 5.75 Å². The number of benzene rings is 2. The number of nitrogens with one attached hydrogen (secondary N) is 1. The van der Waals surface area contributed by atoms with Gasteiger partial charge in [-0.1, -0.05) is 24.3 Å². The van der Waals surface area contributed by atoms with Gasteiger partial charge in [-0.2, -0.15) is 0 Å². The molecule has 0 fully saturated rings. The fourth-order valence-corrected chi connectivity index (χ4v) is 1.73. The fraction of sp³-hybridized carbons (Fsp3) is 0. The van der Waals surface area contributed by atoms with Crippen molar-refractivity contribution >= 4 is 22.5 Å². The molecule has 3 aromatic rings. The van der Waals surface area contributed by atoms with E-state index in [0.717, 1.165) is 11.0 Å². The van der Waals surface area contributed by atoms with Crippen LogP contribution in [0.25, 0.3) is 11.0 Å². The third-order valence-electron chi connectivity index (χ3n) is 2.60. The van der Waals surface area contributed by atoms with E-state index in [1.54, 1.807) is 24.4 Å². The minimum Gasteiger partial charge on any atom is -0.336 e. The summed E-state index contributed by atoms with van der Waals surface area (Å²) in [5, 5.41) is 14.6. The van der Waals surface area contributed by atoms with Gasteiger partial charge in [0.05, 0.1) is 22.9 Å². The summed E-state index contributed by atoms with van der Waals surface area (Å²) in [6.07, 6.45) is 1.62. The molecule has 0 aliphatic heterocycles. The zero-order chi connectivity index (χ0) is 12.4. The van der Waals surface area contributed by atoms with Gasteiger partial charge in [0, 0.05) is 0 Å². The first-order valence-corrected chi connectivity index (χ1v) is 5.58. The Morgan fingerprint density at radius 1 is 0.889 bits per heavy atom. The van der Waals surface area contributed by atoms with Gasteiger partial charge < -0.3 is 5.32 Å². The monoisotopic (exact) mass is 236 g/mol. The van der Waals surface area contributed by atoms with E-state index in [4.69, 9.17) is 0 Å². The van der Waals surface area contributed by atoms with Gasteiger partial charge in [-0.05, 0) is 24.3 Å². The molecule has 0 atom stereocenters. The molecule has 4 heteroatoms. The lowest BCUT2D eigenvalue weighted by Crippen LogP contribution is -1.95. The summed E-state index contributed by atoms with van der Waals surface area (Å²) in [5.41, 5.74) is 2.13. The topological polar surface area (TPSA) is 57.7 Å². The second-order valence-electron chi connectivity index (χ2n) is 3.87. The minimum absolute atomic E-state index is 0.0625. The van der Waals surface area contributed by atoms with Gasteiger partial charge in [-0.25, -0.2) is 4.98 Å². The molecule has 0 bridgehead atoms. The van der Waals surface area contributed by atoms with Crippen LogP contribution in [0, 0.1) is 0 Å². The average molecular weight is 236 g/mol. The van der Waals surface area contributed by atoms with Crippen molar-refractivity contribution < 1.29 is 5.11 Å². The highest BCUT2D eigenvalue weighted by molar-refractivity contribution is 5.76. The summed E-state index contributed by atoms with van der Waals surface area (Å²) >= 11 is 0. The SMILES string of the molecule is [O]c1ccccc1Nc1cnc2ccccc2n1. The van der Waals surface area contributed by atoms with Crippen molar-refractivity contribution in [3.05, 3.63) is 54.7 Å². The van der Waals surface area contributed by atoms with Crippen LogP contribution in [-0.2, 0) is 5.11 Å². The van der Waals surface area contributed by atoms with E-state index < -0.39 is 0 Å². The molecule has 1 aromatic heterocycles. The summed E-state index contributed by atoms with van der Waals surface area (Å²) < 4.78 is 0. The molecule has 1 radical (unpaired) electrons. The summed E-state index contributed by atoms with van der Waals surface area (Å²) in [6, 6.07) is 14.3. The molecule has 0 aliphatic rings. The molecular weight excluding hydrogens is 226 g/mol. The molecular formula is C14H10N3O. The Labute approximate surface area is 104 Å². The van der Waals surface area contributed by atoms with Crippen molar-refractivity contribution in [3.63, 3.8) is 0 Å². The van der Waals surface area contributed by atoms with Crippen LogP contribution >= 0.6 is 0 Å². The molecule has 3 rings (SSSR count). The number of aromatic nitrogens is 2. The lowest BCUT2D eigenvalue weighted by Gasteiger charge is -2.06. The van der Waals surface area contributed by atoms with Crippen molar-refractivity contribution in [1.29, 1.82) is 0 Å². The number of nitrogens with zero attached hydrogens (tertiary/aromatic N) is 2. The van der Waals surface area contributed by atoms with Crippen LogP contribution in [0.1, 0.15) is 0 Å². The van der Waals surface area contributed by atoms with Crippen molar-refractivity contribution in [1.82, 2.24) is 9.97 Å². The Morgan fingerprint density at radius 3 is 2.44 bits per heavy atom. The largest absolute Gasteiger partial charge is 0.336 e. The number of hydrogen-bond donors (Lipinski definition) is 1. The van der Waals surface area contributed by atoms with Gasteiger partial charge in [-0.3, -0.25) is 10.1 Å². The second kappa shape index (κ2) is 4.33. The Morgan fingerprint density at radius 2 is 1.61 bits per heavy atom. The van der Waals surface area contributed by atoms with Crippen molar-refractivity contribution in [2.24, 2.45) is 0 Å². The highest BCUT2D eigenvalue weighted by atomic mass is 16.3. The van der Waals surface area contributed by atoms with Crippen LogP contribution in [-0.4, -0.2) is 9.97 Å². The number of rotatable bonds is 2. The van der Waals surface area contributed by atoms with E-state index in [1.165, 1.54) is 6.07 Å². The first-order chi connectivity index (χ1) is 8.83. The van der Waals surface area contributed by atoms with Gasteiger partial charge in [0.1, 0.15) is 5.82 Å². The molecule has 0 saturated carbocycles. The smallest absolute Gasteiger partial charge is 0.202 e. The maximum Gasteiger partial charge on any atom is 0.202 e. The molecule has 18 heavy (non-hydrogen) atoms. The molecule has 0 unspecified atom stereocenters. The van der Waals surface area contributed by atoms with Crippen LogP contribution in [0.5, 0.6) is 5.75 Å². The standard InChI is InChI=1S/C14H10N3O/c18-13-8-4-3-7-12(13)17-14-9-15-10-5-1-2-6-11(10)16-14/h1-9H,(H,16,17). The van der Waals surface area contributed by atoms with Crippen molar-refractivity contribution in [2.75, 3.05) is 5.32 Å². The molecule has 0 saturated heterocycles. The molecule has 4 nitrogen and oxygen atoms in total. The van der Waals surface area contributed by atoms with E-state index >= 15 is 0 Å². The van der Waals surface area contributed by atoms with E-state index in [1.807, 2.05) is 24.3 Å². The lowest BCUT2D eigenvalue weighted by molar-refractivity contribution is 0.357. The van der Waals surface area contributed by atoms with Crippen LogP contribution in [0.2, 0.25) is 0 Å². The number of anilines is 2. The number of para-hydroxylation sites is 4. The lowest BCUT2D eigenvalue weighted by atomic mass is 10.3. The average Bonchev–Trinajstić information content (AvgIpc) is 2.41. The Bertz CT molecular complexity index is 697. The van der Waals surface area contributed by atoms with Gasteiger partial charge >= 0.3 is 0 Å². The highest BCUT2D eigenvalue weighted by Crippen LogP contribution is 2.25. The Hall–Kier alpha value is -2.62. The molecule has 0 spiro atoms. The summed E-state index contributed by atoms with van der Waals surface area (Å²) in [6.45, 7) is 0. The predicted molar refractivity (Wildman–Crippen MR) is 69.4 cm³/mol. The van der Waals surface area contributed by atoms with Crippen molar-refractivity contribution in [3.8, 4) is 5.75 Å². The van der Waals surface area contributed by atoms with E-state index in [2.05, 4.69) is 15.3 Å². The second-order valence-corrected chi connectivity index (χ2v) is 3.87. The molecule has 2 aromatic carbocycles. The third-order valence-corrected chi connectivity index (χ3v) is 2.60. The van der Waals surface area contributed by atoms with Crippen LogP contribution in [0.3, 0.4) is 0 Å². The van der Waals surface area contributed by atoms with Crippen LogP contribution in [0.4, 0.5) is 11.5 Å². The zero-order valence-corrected chi connectivity index (χ0v) is 9.50. The van der Waals surface area contributed by atoms with Gasteiger partial charge in [-0.15, -0.1) is 0 Å². The fourth-order valence-electron chi connectivity index (χ4n) is 1.73. The van der Waals surface area contributed by atoms with Gasteiger partial charge in [0.25, 0.3) is 0 Å². The quantitative estimate of drug-likeness (QED) is 0.740. The normalized spacial score (nSPS) is 10.4. The van der Waals surface area contributed by atoms with E-state index in [-0.39, 0.29) is 5.75 Å². The van der Waals surface area contributed by atoms with Crippen LogP contribution < -0.4 is 5.32 Å². The highest BCUT2D eigenvalue weighted by Gasteiger charge is 2.04. The van der Waals surface area contributed by atoms with Gasteiger partial charge in [0.15, 0.2) is 0 Å². The summed E-state index contributed by atoms with van der Waals surface area (Å²) in [7, 11) is 0. The number of hydrogen-bond acceptors (Lipinski definition) is 3. The Balaban J connectivity index is 1.98. The van der Waals surface area contributed by atoms with E-state index in [9.17, 15) is 5.11 Å². The molecule has 1 heterocycles. The van der Waals surface area contributed by atoms with Crippen LogP contribution in [0.15, 0.2) is 54.7 Å². The first-order valence-electron chi connectivity index (χ1n) is 5.58. The molecule has 0 aliphatic carbocycles. The minimum atomic E-state index is -0.0625. The molecule has 0 amide bonds. The summed E-state index contributed by atoms with van der Waals surface area (Å²) in [5.74, 6) is 0.504. The Kier molecular flexibility index (Phi) is 2.53. The first kappa shape index (κ1) is 10.5. The molecule has 1 N–H and O–H groups in total. The van der Waals surface area contributed by atoms with Crippen molar-refractivity contribution in [2.45, 2.75) is 0 Å². The maximum absolute atomic E-state index is 11.6.